The molecule has 0 aliphatic heterocycles. The van der Waals surface area contributed by atoms with Crippen molar-refractivity contribution in [1.29, 1.82) is 0 Å². The third kappa shape index (κ3) is 6.68. The SMILES string of the molecule is C=C(CCN(C)C(=O)COc1ccc(Cl)c(F)c1)N(C)C(=O)c1cnc(C(F)F)cn1. The second-order valence-corrected chi connectivity index (χ2v) is 6.89. The Labute approximate surface area is 182 Å². The average Bonchev–Trinajstić information content (AvgIpc) is 2.76. The van der Waals surface area contributed by atoms with Crippen LogP contribution in [0.1, 0.15) is 29.0 Å². The topological polar surface area (TPSA) is 75.6 Å². The largest absolute Gasteiger partial charge is 0.484 e. The lowest BCUT2D eigenvalue weighted by molar-refractivity contribution is -0.132. The normalized spacial score (nSPS) is 10.7. The van der Waals surface area contributed by atoms with Gasteiger partial charge in [-0.1, -0.05) is 18.2 Å². The summed E-state index contributed by atoms with van der Waals surface area (Å²) in [4.78, 5) is 34.4. The molecule has 0 fully saturated rings. The minimum Gasteiger partial charge on any atom is -0.484 e. The van der Waals surface area contributed by atoms with Crippen molar-refractivity contribution >= 4 is 23.4 Å². The van der Waals surface area contributed by atoms with Crippen molar-refractivity contribution in [3.63, 3.8) is 0 Å². The molecule has 0 spiro atoms. The molecule has 31 heavy (non-hydrogen) atoms. The summed E-state index contributed by atoms with van der Waals surface area (Å²) >= 11 is 5.59. The van der Waals surface area contributed by atoms with Crippen LogP contribution >= 0.6 is 11.6 Å². The van der Waals surface area contributed by atoms with E-state index in [1.165, 1.54) is 36.0 Å². The van der Waals surface area contributed by atoms with E-state index in [2.05, 4.69) is 16.5 Å². The van der Waals surface area contributed by atoms with Crippen molar-refractivity contribution in [2.75, 3.05) is 27.2 Å². The molecule has 0 aliphatic rings. The maximum atomic E-state index is 13.4. The van der Waals surface area contributed by atoms with E-state index in [0.717, 1.165) is 18.5 Å². The van der Waals surface area contributed by atoms with E-state index < -0.39 is 23.8 Å². The van der Waals surface area contributed by atoms with Crippen molar-refractivity contribution in [2.45, 2.75) is 12.8 Å². The number of amides is 2. The molecule has 11 heteroatoms. The highest BCUT2D eigenvalue weighted by Crippen LogP contribution is 2.20. The zero-order valence-electron chi connectivity index (χ0n) is 16.8. The Balaban J connectivity index is 1.83. The van der Waals surface area contributed by atoms with Gasteiger partial charge in [0, 0.05) is 38.8 Å². The van der Waals surface area contributed by atoms with Gasteiger partial charge in [0.2, 0.25) is 0 Å². The second-order valence-electron chi connectivity index (χ2n) is 6.49. The van der Waals surface area contributed by atoms with Crippen molar-refractivity contribution in [2.24, 2.45) is 0 Å². The first-order chi connectivity index (χ1) is 14.6. The van der Waals surface area contributed by atoms with Gasteiger partial charge < -0.3 is 14.5 Å². The fourth-order valence-corrected chi connectivity index (χ4v) is 2.41. The van der Waals surface area contributed by atoms with Crippen LogP contribution in [0.25, 0.3) is 0 Å². The van der Waals surface area contributed by atoms with Crippen molar-refractivity contribution in [1.82, 2.24) is 19.8 Å². The van der Waals surface area contributed by atoms with E-state index >= 15 is 0 Å². The molecule has 0 bridgehead atoms. The molecule has 2 amide bonds. The van der Waals surface area contributed by atoms with Crippen LogP contribution in [-0.4, -0.2) is 58.8 Å². The quantitative estimate of drug-likeness (QED) is 0.575. The third-order valence-electron chi connectivity index (χ3n) is 4.31. The Morgan fingerprint density at radius 3 is 2.52 bits per heavy atom. The zero-order valence-corrected chi connectivity index (χ0v) is 17.6. The first-order valence-electron chi connectivity index (χ1n) is 8.98. The Hall–Kier alpha value is -3.14. The Morgan fingerprint density at radius 1 is 1.23 bits per heavy atom. The highest BCUT2D eigenvalue weighted by molar-refractivity contribution is 6.30. The summed E-state index contributed by atoms with van der Waals surface area (Å²) in [6.07, 6.45) is -0.712. The van der Waals surface area contributed by atoms with Gasteiger partial charge in [0.25, 0.3) is 18.2 Å². The summed E-state index contributed by atoms with van der Waals surface area (Å²) in [5, 5.41) is -0.0519. The van der Waals surface area contributed by atoms with Gasteiger partial charge in [-0.15, -0.1) is 0 Å². The lowest BCUT2D eigenvalue weighted by Gasteiger charge is -2.22. The molecule has 0 saturated carbocycles. The van der Waals surface area contributed by atoms with E-state index in [1.54, 1.807) is 0 Å². The lowest BCUT2D eigenvalue weighted by Crippen LogP contribution is -2.34. The van der Waals surface area contributed by atoms with Crippen molar-refractivity contribution in [3.05, 3.63) is 65.1 Å². The van der Waals surface area contributed by atoms with Crippen molar-refractivity contribution in [3.8, 4) is 5.75 Å². The number of likely N-dealkylation sites (N-methyl/N-ethyl adjacent to an activating group) is 1. The van der Waals surface area contributed by atoms with Crippen LogP contribution in [0.15, 0.2) is 42.9 Å². The lowest BCUT2D eigenvalue weighted by atomic mass is 10.2. The smallest absolute Gasteiger partial charge is 0.281 e. The fraction of sp³-hybridized carbons (Fsp3) is 0.300. The third-order valence-corrected chi connectivity index (χ3v) is 4.61. The van der Waals surface area contributed by atoms with Gasteiger partial charge in [-0.2, -0.15) is 0 Å². The van der Waals surface area contributed by atoms with Crippen LogP contribution in [0.3, 0.4) is 0 Å². The zero-order chi connectivity index (χ0) is 23.1. The number of ether oxygens (including phenoxy) is 1. The Kier molecular flexibility index (Phi) is 8.38. The van der Waals surface area contributed by atoms with Crippen LogP contribution in [0, 0.1) is 5.82 Å². The van der Waals surface area contributed by atoms with Crippen LogP contribution in [0.2, 0.25) is 5.02 Å². The molecule has 0 unspecified atom stereocenters. The summed E-state index contributed by atoms with van der Waals surface area (Å²) < 4.78 is 43.7. The molecule has 2 aromatic rings. The van der Waals surface area contributed by atoms with Gasteiger partial charge in [-0.25, -0.2) is 18.2 Å². The predicted octanol–water partition coefficient (Wildman–Crippen LogP) is 3.72. The molecular formula is C20H20ClF3N4O3. The van der Waals surface area contributed by atoms with Gasteiger partial charge in [-0.3, -0.25) is 14.6 Å². The van der Waals surface area contributed by atoms with E-state index in [-0.39, 0.29) is 41.9 Å². The number of benzene rings is 1. The molecule has 1 heterocycles. The van der Waals surface area contributed by atoms with Gasteiger partial charge in [0.15, 0.2) is 6.61 Å². The van der Waals surface area contributed by atoms with Gasteiger partial charge >= 0.3 is 0 Å². The molecule has 0 atom stereocenters. The van der Waals surface area contributed by atoms with Crippen LogP contribution in [-0.2, 0) is 4.79 Å². The maximum absolute atomic E-state index is 13.4. The monoisotopic (exact) mass is 456 g/mol. The van der Waals surface area contributed by atoms with Crippen LogP contribution in [0.4, 0.5) is 13.2 Å². The molecule has 166 valence electrons. The van der Waals surface area contributed by atoms with Crippen LogP contribution < -0.4 is 4.74 Å². The number of hydrogen-bond donors (Lipinski definition) is 0. The number of aromatic nitrogens is 2. The molecule has 0 N–H and O–H groups in total. The second kappa shape index (κ2) is 10.8. The summed E-state index contributed by atoms with van der Waals surface area (Å²) in [6.45, 7) is 3.71. The number of nitrogens with zero attached hydrogens (tertiary/aromatic N) is 4. The number of halogens is 4. The van der Waals surface area contributed by atoms with Gasteiger partial charge in [0.1, 0.15) is 23.0 Å². The fourth-order valence-electron chi connectivity index (χ4n) is 2.29. The summed E-state index contributed by atoms with van der Waals surface area (Å²) in [6, 6.07) is 3.84. The number of rotatable bonds is 9. The van der Waals surface area contributed by atoms with E-state index in [9.17, 15) is 22.8 Å². The first-order valence-corrected chi connectivity index (χ1v) is 9.35. The first kappa shape index (κ1) is 24.1. The van der Waals surface area contributed by atoms with E-state index in [4.69, 9.17) is 16.3 Å². The molecule has 1 aromatic heterocycles. The maximum Gasteiger partial charge on any atom is 0.281 e. The molecule has 0 saturated heterocycles. The molecule has 0 aliphatic carbocycles. The minimum absolute atomic E-state index is 0.0519. The average molecular weight is 457 g/mol. The highest BCUT2D eigenvalue weighted by Gasteiger charge is 2.19. The number of alkyl halides is 2. The molecule has 2 rings (SSSR count). The number of carbonyl (C=O) groups excluding carboxylic acids is 2. The standard InChI is InChI=1S/C20H20ClF3N4O3/c1-12(28(3)20(30)17-10-25-16(9-26-17)19(23)24)6-7-27(2)18(29)11-31-13-4-5-14(21)15(22)8-13/h4-5,8-10,19H,1,6-7,11H2,2-3H3. The molecule has 1 aromatic carbocycles. The van der Waals surface area contributed by atoms with Gasteiger partial charge in [0.05, 0.1) is 17.4 Å². The van der Waals surface area contributed by atoms with E-state index in [1.807, 2.05) is 0 Å². The van der Waals surface area contributed by atoms with Crippen molar-refractivity contribution < 1.29 is 27.5 Å². The Bertz CT molecular complexity index is 957. The summed E-state index contributed by atoms with van der Waals surface area (Å²) in [7, 11) is 2.99. The molecule has 0 radical (unpaired) electrons. The summed E-state index contributed by atoms with van der Waals surface area (Å²) in [5.74, 6) is -1.43. The van der Waals surface area contributed by atoms with E-state index in [0.29, 0.717) is 5.70 Å². The number of hydrogen-bond acceptors (Lipinski definition) is 5. The summed E-state index contributed by atoms with van der Waals surface area (Å²) in [5.41, 5.74) is -0.257. The molecule has 7 nitrogen and oxygen atoms in total. The van der Waals surface area contributed by atoms with Crippen LogP contribution in [0.5, 0.6) is 5.75 Å². The highest BCUT2D eigenvalue weighted by atomic mass is 35.5. The number of carbonyl (C=O) groups is 2. The molecular weight excluding hydrogens is 437 g/mol. The Morgan fingerprint density at radius 2 is 1.94 bits per heavy atom. The minimum atomic E-state index is -2.78. The van der Waals surface area contributed by atoms with Gasteiger partial charge in [-0.05, 0) is 12.1 Å². The predicted molar refractivity (Wildman–Crippen MR) is 107 cm³/mol.